The van der Waals surface area contributed by atoms with Gasteiger partial charge in [0.15, 0.2) is 0 Å². The van der Waals surface area contributed by atoms with Crippen LogP contribution < -0.4 is 0 Å². The van der Waals surface area contributed by atoms with Crippen LogP contribution in [0.4, 0.5) is 5.69 Å². The first-order valence-corrected chi connectivity index (χ1v) is 6.29. The molecule has 11 heavy (non-hydrogen) atoms. The van der Waals surface area contributed by atoms with Gasteiger partial charge in [-0.15, -0.1) is 0 Å². The third kappa shape index (κ3) is 3.39. The van der Waals surface area contributed by atoms with Crippen molar-refractivity contribution >= 4 is 20.1 Å². The minimum atomic E-state index is -4.58. The van der Waals surface area contributed by atoms with E-state index in [1.807, 2.05) is 0 Å². The molecule has 0 heterocycles. The number of hydrogen-bond donors (Lipinski definition) is 3. The van der Waals surface area contributed by atoms with Gasteiger partial charge in [-0.1, -0.05) is 0 Å². The van der Waals surface area contributed by atoms with Crippen molar-refractivity contribution < 1.29 is 12.3 Å². The Balaban J connectivity index is 2.98. The summed E-state index contributed by atoms with van der Waals surface area (Å²) >= 11 is -4.58. The Labute approximate surface area is 67.1 Å². The Morgan fingerprint density at radius 3 is 2.00 bits per heavy atom. The van der Waals surface area contributed by atoms with Crippen LogP contribution in [-0.2, 0) is 0 Å². The fraction of sp³-hybridized carbons (Fsp3) is 0. The number of benzene rings is 1. The molecule has 0 radical (unpaired) electrons. The van der Waals surface area contributed by atoms with E-state index in [9.17, 15) is 0 Å². The van der Waals surface area contributed by atoms with Crippen LogP contribution in [0.5, 0.6) is 0 Å². The molecule has 0 atom stereocenters. The molecule has 0 saturated heterocycles. The molecule has 0 aliphatic carbocycles. The second-order valence-electron chi connectivity index (χ2n) is 1.97. The van der Waals surface area contributed by atoms with Crippen molar-refractivity contribution in [1.29, 1.82) is 0 Å². The SMILES string of the molecule is O[As](O)(O)=Nc1ccccc1. The Morgan fingerprint density at radius 2 is 1.55 bits per heavy atom. The fourth-order valence-corrected chi connectivity index (χ4v) is 1.58. The van der Waals surface area contributed by atoms with Crippen LogP contribution in [0.1, 0.15) is 0 Å². The van der Waals surface area contributed by atoms with Crippen LogP contribution in [-0.4, -0.2) is 26.7 Å². The molecular formula is C6H8AsNO3. The quantitative estimate of drug-likeness (QED) is 0.579. The predicted molar refractivity (Wildman–Crippen MR) is 40.9 cm³/mol. The molecule has 0 aliphatic heterocycles. The molecule has 0 aromatic heterocycles. The second-order valence-corrected chi connectivity index (χ2v) is 4.64. The van der Waals surface area contributed by atoms with E-state index in [2.05, 4.69) is 3.86 Å². The van der Waals surface area contributed by atoms with Crippen LogP contribution in [0.25, 0.3) is 0 Å². The van der Waals surface area contributed by atoms with Crippen LogP contribution in [0.2, 0.25) is 0 Å². The summed E-state index contributed by atoms with van der Waals surface area (Å²) in [5.74, 6) is 0. The molecule has 3 N–H and O–H groups in total. The van der Waals surface area contributed by atoms with Crippen molar-refractivity contribution in [1.82, 2.24) is 0 Å². The van der Waals surface area contributed by atoms with Gasteiger partial charge in [-0.2, -0.15) is 0 Å². The third-order valence-electron chi connectivity index (χ3n) is 1.01. The van der Waals surface area contributed by atoms with Gasteiger partial charge in [0, 0.05) is 0 Å². The summed E-state index contributed by atoms with van der Waals surface area (Å²) in [5, 5.41) is 0. The van der Waals surface area contributed by atoms with Crippen molar-refractivity contribution in [2.24, 2.45) is 3.86 Å². The van der Waals surface area contributed by atoms with Gasteiger partial charge < -0.3 is 0 Å². The van der Waals surface area contributed by atoms with Gasteiger partial charge >= 0.3 is 66.5 Å². The van der Waals surface area contributed by atoms with Gasteiger partial charge in [0.1, 0.15) is 0 Å². The van der Waals surface area contributed by atoms with E-state index >= 15 is 0 Å². The third-order valence-corrected chi connectivity index (χ3v) is 2.05. The van der Waals surface area contributed by atoms with E-state index in [0.717, 1.165) is 0 Å². The van der Waals surface area contributed by atoms with Crippen molar-refractivity contribution in [2.75, 3.05) is 0 Å². The molecule has 1 aromatic carbocycles. The van der Waals surface area contributed by atoms with E-state index in [-0.39, 0.29) is 0 Å². The molecule has 0 saturated carbocycles. The molecule has 4 nitrogen and oxygen atoms in total. The summed E-state index contributed by atoms with van der Waals surface area (Å²) in [7, 11) is 0. The zero-order chi connectivity index (χ0) is 8.32. The van der Waals surface area contributed by atoms with Crippen molar-refractivity contribution in [3.05, 3.63) is 30.3 Å². The van der Waals surface area contributed by atoms with Crippen molar-refractivity contribution in [3.63, 3.8) is 0 Å². The maximum atomic E-state index is 8.59. The van der Waals surface area contributed by atoms with Gasteiger partial charge in [0.05, 0.1) is 0 Å². The Morgan fingerprint density at radius 1 is 1.00 bits per heavy atom. The normalized spacial score (nSPS) is 11.2. The Bertz CT molecular complexity index is 271. The zero-order valence-electron chi connectivity index (χ0n) is 5.62. The van der Waals surface area contributed by atoms with E-state index < -0.39 is 14.4 Å². The van der Waals surface area contributed by atoms with Gasteiger partial charge in [-0.3, -0.25) is 0 Å². The molecule has 5 heteroatoms. The molecule has 0 fully saturated rings. The molecule has 1 rings (SSSR count). The minimum absolute atomic E-state index is 0.382. The van der Waals surface area contributed by atoms with E-state index in [4.69, 9.17) is 12.3 Å². The van der Waals surface area contributed by atoms with Crippen LogP contribution in [0.15, 0.2) is 34.2 Å². The molecule has 0 aliphatic rings. The second kappa shape index (κ2) is 3.24. The number of nitrogens with zero attached hydrogens (tertiary/aromatic N) is 1. The maximum absolute atomic E-state index is 8.59. The summed E-state index contributed by atoms with van der Waals surface area (Å²) in [4.78, 5) is 0. The summed E-state index contributed by atoms with van der Waals surface area (Å²) < 4.78 is 29.1. The number of hydrogen-bond acceptors (Lipinski definition) is 1. The van der Waals surface area contributed by atoms with E-state index in [1.165, 1.54) is 0 Å². The molecule has 0 bridgehead atoms. The summed E-state index contributed by atoms with van der Waals surface area (Å²) in [6.45, 7) is 0. The zero-order valence-corrected chi connectivity index (χ0v) is 7.50. The average molecular weight is 217 g/mol. The molecular weight excluding hydrogens is 209 g/mol. The molecule has 0 unspecified atom stereocenters. The first-order valence-electron chi connectivity index (χ1n) is 2.93. The molecule has 1 aromatic rings. The topological polar surface area (TPSA) is 73.0 Å². The summed E-state index contributed by atoms with van der Waals surface area (Å²) in [6, 6.07) is 8.34. The Kier molecular flexibility index (Phi) is 2.52. The fourth-order valence-electron chi connectivity index (χ4n) is 0.650. The average Bonchev–Trinajstić information content (AvgIpc) is 1.85. The molecule has 0 spiro atoms. The van der Waals surface area contributed by atoms with Crippen molar-refractivity contribution in [2.45, 2.75) is 0 Å². The van der Waals surface area contributed by atoms with Crippen LogP contribution in [0.3, 0.4) is 0 Å². The first kappa shape index (κ1) is 8.55. The van der Waals surface area contributed by atoms with Crippen LogP contribution in [0, 0.1) is 0 Å². The Hall–Kier alpha value is -0.542. The van der Waals surface area contributed by atoms with Gasteiger partial charge in [-0.25, -0.2) is 0 Å². The summed E-state index contributed by atoms with van der Waals surface area (Å²) in [5.41, 5.74) is 0.382. The van der Waals surface area contributed by atoms with E-state index in [1.54, 1.807) is 30.3 Å². The first-order chi connectivity index (χ1) is 5.08. The number of rotatable bonds is 1. The van der Waals surface area contributed by atoms with Crippen LogP contribution >= 0.6 is 0 Å². The van der Waals surface area contributed by atoms with E-state index in [0.29, 0.717) is 5.69 Å². The standard InChI is InChI=1S/C6H8AsNO3/c9-7(10,11)8-6-4-2-1-3-5-6/h1-5,9-11H. The predicted octanol–water partition coefficient (Wildman–Crippen LogP) is -0.000800. The van der Waals surface area contributed by atoms with Crippen molar-refractivity contribution in [3.8, 4) is 0 Å². The van der Waals surface area contributed by atoms with Gasteiger partial charge in [0.25, 0.3) is 0 Å². The summed E-state index contributed by atoms with van der Waals surface area (Å²) in [6.07, 6.45) is 0. The molecule has 60 valence electrons. The van der Waals surface area contributed by atoms with Gasteiger partial charge in [-0.05, 0) is 0 Å². The molecule has 0 amide bonds. The van der Waals surface area contributed by atoms with Gasteiger partial charge in [0.2, 0.25) is 0 Å². The monoisotopic (exact) mass is 217 g/mol.